The quantitative estimate of drug-likeness (QED) is 0.748. The van der Waals surface area contributed by atoms with Gasteiger partial charge in [0, 0.05) is 6.42 Å². The molecule has 132 valence electrons. The second-order valence-electron chi connectivity index (χ2n) is 6.16. The molecule has 3 heterocycles. The third kappa shape index (κ3) is 3.17. The lowest BCUT2D eigenvalue weighted by atomic mass is 10.2. The van der Waals surface area contributed by atoms with E-state index in [1.54, 1.807) is 0 Å². The van der Waals surface area contributed by atoms with Crippen molar-refractivity contribution >= 4 is 8.17 Å². The van der Waals surface area contributed by atoms with Crippen molar-refractivity contribution in [1.82, 2.24) is 9.55 Å². The van der Waals surface area contributed by atoms with Crippen molar-refractivity contribution < 1.29 is 27.6 Å². The molecule has 4 atom stereocenters. The van der Waals surface area contributed by atoms with E-state index >= 15 is 0 Å². The molecule has 0 radical (unpaired) electrons. The standard InChI is InChI=1S/C13H16FN2O7P/c14-8-4-16(13(18)15-12(8)17)11-3-9-10(22-11)6-21-24(19,23-9)20-5-7-1-2-7/h4,7,9-11,19H,1-3,5-6H2/p+1/t9-,10+,11+,24?/m0/s1. The summed E-state index contributed by atoms with van der Waals surface area (Å²) in [5, 5.41) is 0. The highest BCUT2D eigenvalue weighted by molar-refractivity contribution is 7.55. The molecule has 0 amide bonds. The fraction of sp³-hybridized carbons (Fsp3) is 0.692. The number of hydrogen-bond acceptors (Lipinski definition) is 7. The molecule has 9 nitrogen and oxygen atoms in total. The lowest BCUT2D eigenvalue weighted by Crippen LogP contribution is -2.35. The number of rotatable bonds is 4. The molecule has 0 aromatic carbocycles. The Morgan fingerprint density at radius 1 is 1.42 bits per heavy atom. The van der Waals surface area contributed by atoms with Crippen LogP contribution in [0.5, 0.6) is 0 Å². The van der Waals surface area contributed by atoms with Crippen LogP contribution in [0.3, 0.4) is 0 Å². The number of halogens is 1. The average molecular weight is 363 g/mol. The van der Waals surface area contributed by atoms with Crippen LogP contribution in [0, 0.1) is 11.7 Å². The van der Waals surface area contributed by atoms with Gasteiger partial charge in [0.25, 0.3) is 5.56 Å². The van der Waals surface area contributed by atoms with Gasteiger partial charge in [-0.05, 0) is 18.8 Å². The summed E-state index contributed by atoms with van der Waals surface area (Å²) in [5.74, 6) is -0.642. The number of nitrogens with one attached hydrogen (secondary N) is 1. The van der Waals surface area contributed by atoms with E-state index in [1.807, 2.05) is 4.98 Å². The number of ether oxygens (including phenoxy) is 1. The van der Waals surface area contributed by atoms with Crippen LogP contribution in [-0.2, 0) is 18.3 Å². The fourth-order valence-corrected chi connectivity index (χ4v) is 4.22. The summed E-state index contributed by atoms with van der Waals surface area (Å²) in [5.41, 5.74) is -1.86. The molecule has 2 N–H and O–H groups in total. The predicted octanol–water partition coefficient (Wildman–Crippen LogP) is 0.475. The van der Waals surface area contributed by atoms with Gasteiger partial charge in [-0.15, -0.1) is 4.52 Å². The summed E-state index contributed by atoms with van der Waals surface area (Å²) in [6, 6.07) is 0. The van der Waals surface area contributed by atoms with Gasteiger partial charge in [-0.1, -0.05) is 0 Å². The van der Waals surface area contributed by atoms with E-state index in [-0.39, 0.29) is 13.0 Å². The molecule has 1 saturated carbocycles. The lowest BCUT2D eigenvalue weighted by molar-refractivity contribution is -0.0822. The highest BCUT2D eigenvalue weighted by Crippen LogP contribution is 2.64. The smallest absolute Gasteiger partial charge is 0.349 e. The first-order chi connectivity index (χ1) is 11.4. The van der Waals surface area contributed by atoms with Crippen LogP contribution < -0.4 is 11.2 Å². The first-order valence-electron chi connectivity index (χ1n) is 7.69. The van der Waals surface area contributed by atoms with Gasteiger partial charge < -0.3 is 4.74 Å². The Bertz CT molecular complexity index is 751. The zero-order valence-corrected chi connectivity index (χ0v) is 13.5. The second-order valence-corrected chi connectivity index (χ2v) is 7.82. The third-order valence-electron chi connectivity index (χ3n) is 4.26. The Balaban J connectivity index is 1.47. The summed E-state index contributed by atoms with van der Waals surface area (Å²) in [7, 11) is -3.39. The molecule has 1 unspecified atom stereocenters. The van der Waals surface area contributed by atoms with E-state index in [0.717, 1.165) is 23.6 Å². The van der Waals surface area contributed by atoms with Crippen molar-refractivity contribution in [2.24, 2.45) is 5.92 Å². The van der Waals surface area contributed by atoms with Crippen LogP contribution in [-0.4, -0.2) is 39.9 Å². The monoisotopic (exact) mass is 363 g/mol. The molecule has 2 aliphatic heterocycles. The van der Waals surface area contributed by atoms with Crippen LogP contribution >= 0.6 is 8.17 Å². The molecule has 1 aromatic heterocycles. The molecule has 0 bridgehead atoms. The van der Waals surface area contributed by atoms with Gasteiger partial charge in [0.15, 0.2) is 0 Å². The van der Waals surface area contributed by atoms with Crippen molar-refractivity contribution in [2.75, 3.05) is 13.2 Å². The average Bonchev–Trinajstić information content (AvgIpc) is 3.28. The molecule has 4 rings (SSSR count). The van der Waals surface area contributed by atoms with Crippen LogP contribution in [0.15, 0.2) is 15.8 Å². The van der Waals surface area contributed by atoms with Crippen LogP contribution in [0.1, 0.15) is 25.5 Å². The Morgan fingerprint density at radius 2 is 2.21 bits per heavy atom. The summed E-state index contributed by atoms with van der Waals surface area (Å²) < 4.78 is 36.2. The molecular formula is C13H17FN2O7P+. The first-order valence-corrected chi connectivity index (χ1v) is 9.19. The normalized spacial score (nSPS) is 35.8. The molecule has 3 fully saturated rings. The summed E-state index contributed by atoms with van der Waals surface area (Å²) >= 11 is 0. The molecule has 1 aliphatic carbocycles. The van der Waals surface area contributed by atoms with E-state index < -0.39 is 43.7 Å². The maximum absolute atomic E-state index is 13.4. The van der Waals surface area contributed by atoms with E-state index in [4.69, 9.17) is 18.3 Å². The molecular weight excluding hydrogens is 346 g/mol. The van der Waals surface area contributed by atoms with E-state index in [0.29, 0.717) is 12.5 Å². The van der Waals surface area contributed by atoms with Crippen molar-refractivity contribution in [3.8, 4) is 0 Å². The second kappa shape index (κ2) is 5.98. The number of fused-ring (bicyclic) bond motifs is 1. The molecule has 2 saturated heterocycles. The Kier molecular flexibility index (Phi) is 4.06. The predicted molar refractivity (Wildman–Crippen MR) is 78.4 cm³/mol. The number of hydrogen-bond donors (Lipinski definition) is 2. The number of aromatic amines is 1. The molecule has 1 aromatic rings. The molecule has 11 heteroatoms. The van der Waals surface area contributed by atoms with E-state index in [1.165, 1.54) is 0 Å². The lowest BCUT2D eigenvalue weighted by Gasteiger charge is -2.26. The van der Waals surface area contributed by atoms with Gasteiger partial charge in [-0.2, -0.15) is 18.3 Å². The van der Waals surface area contributed by atoms with Gasteiger partial charge >= 0.3 is 13.9 Å². The van der Waals surface area contributed by atoms with Crippen molar-refractivity contribution in [2.45, 2.75) is 37.7 Å². The molecule has 24 heavy (non-hydrogen) atoms. The highest BCUT2D eigenvalue weighted by atomic mass is 31.2. The number of nitrogens with zero attached hydrogens (tertiary/aromatic N) is 1. The third-order valence-corrected chi connectivity index (χ3v) is 5.74. The summed E-state index contributed by atoms with van der Waals surface area (Å²) in [4.78, 5) is 35.1. The Morgan fingerprint density at radius 3 is 2.96 bits per heavy atom. The van der Waals surface area contributed by atoms with Crippen molar-refractivity contribution in [3.63, 3.8) is 0 Å². The van der Waals surface area contributed by atoms with Gasteiger partial charge in [0.2, 0.25) is 5.82 Å². The first kappa shape index (κ1) is 16.3. The molecule has 0 spiro atoms. The van der Waals surface area contributed by atoms with Crippen molar-refractivity contribution in [3.05, 3.63) is 32.9 Å². The van der Waals surface area contributed by atoms with E-state index in [2.05, 4.69) is 0 Å². The Hall–Kier alpha value is -1.16. The highest BCUT2D eigenvalue weighted by Gasteiger charge is 2.58. The van der Waals surface area contributed by atoms with Crippen molar-refractivity contribution in [1.29, 1.82) is 0 Å². The summed E-state index contributed by atoms with van der Waals surface area (Å²) in [6.45, 7) is 0.438. The molecule has 3 aliphatic rings. The minimum atomic E-state index is -3.39. The summed E-state index contributed by atoms with van der Waals surface area (Å²) in [6.07, 6.45) is 1.27. The van der Waals surface area contributed by atoms with Gasteiger partial charge in [0.1, 0.15) is 31.6 Å². The van der Waals surface area contributed by atoms with Gasteiger partial charge in [0.05, 0.1) is 6.20 Å². The zero-order chi connectivity index (χ0) is 16.9. The number of aromatic nitrogens is 2. The van der Waals surface area contributed by atoms with Crippen LogP contribution in [0.4, 0.5) is 4.39 Å². The fourth-order valence-electron chi connectivity index (χ4n) is 2.73. The van der Waals surface area contributed by atoms with E-state index in [9.17, 15) is 18.9 Å². The zero-order valence-electron chi connectivity index (χ0n) is 12.6. The van der Waals surface area contributed by atoms with Crippen LogP contribution in [0.2, 0.25) is 0 Å². The maximum Gasteiger partial charge on any atom is 0.573 e. The van der Waals surface area contributed by atoms with Gasteiger partial charge in [-0.3, -0.25) is 14.3 Å². The maximum atomic E-state index is 13.4. The Labute approximate surface area is 136 Å². The minimum Gasteiger partial charge on any atom is -0.349 e. The minimum absolute atomic E-state index is 0.0523. The van der Waals surface area contributed by atoms with Crippen LogP contribution in [0.25, 0.3) is 0 Å². The topological polar surface area (TPSA) is 112 Å². The SMILES string of the molecule is O=c1[nH]c(=O)n([C@H]2C[C@@H]3O[P+](O)(OCC4CC4)OC[C@H]3O2)cc1F. The number of H-pyrrole nitrogens is 1. The van der Waals surface area contributed by atoms with Gasteiger partial charge in [-0.25, -0.2) is 4.79 Å². The largest absolute Gasteiger partial charge is 0.573 e.